The normalized spacial score (nSPS) is 28.9. The molecule has 2 saturated carbocycles. The Morgan fingerprint density at radius 2 is 1.83 bits per heavy atom. The number of nitrogens with zero attached hydrogens (tertiary/aromatic N) is 2. The molecule has 4 amide bonds. The largest absolute Gasteiger partial charge is 0.496 e. The third-order valence-corrected chi connectivity index (χ3v) is 14.3. The van der Waals surface area contributed by atoms with Crippen LogP contribution in [0.4, 0.5) is 18.0 Å². The topological polar surface area (TPSA) is 182 Å². The van der Waals surface area contributed by atoms with Crippen LogP contribution >= 0.6 is 0 Å². The van der Waals surface area contributed by atoms with Crippen molar-refractivity contribution in [2.75, 3.05) is 13.7 Å². The van der Waals surface area contributed by atoms with Crippen molar-refractivity contribution in [1.82, 2.24) is 25.2 Å². The zero-order valence-electron chi connectivity index (χ0n) is 33.5. The van der Waals surface area contributed by atoms with Crippen molar-refractivity contribution in [2.45, 2.75) is 126 Å². The standard InChI is InChI=1S/C40H52F3N5O9S/c1-7-24-19-23(2)11-8-9-12-25-21-39(25,35(51)47-58(53,54)38(5)16-17-38)46-32(49)29-20-26(56-33-28-13-10-14-30(55-6)27(28)15-18-44-33)22-48(29)34(50)31(24)45-36(52)57-37(3,4)40(41,42)43/h9-10,12-15,18,23-26,29,31H,7-8,11,16-17,19-22H2,1-6H3,(H,45,52)(H,46,49)(H,47,51)/t23-,24+,25+,26+,29-,31-,39+/m0/s1. The number of ether oxygens (including phenoxy) is 3. The van der Waals surface area contributed by atoms with Crippen molar-refractivity contribution in [1.29, 1.82) is 0 Å². The molecule has 0 radical (unpaired) electrons. The molecule has 3 N–H and O–H groups in total. The molecule has 14 nitrogen and oxygen atoms in total. The number of amides is 4. The molecule has 1 saturated heterocycles. The Bertz CT molecular complexity index is 2070. The Balaban J connectivity index is 1.37. The number of aromatic nitrogens is 1. The summed E-state index contributed by atoms with van der Waals surface area (Å²) in [5.74, 6) is -2.85. The molecule has 0 unspecified atom stereocenters. The zero-order valence-corrected chi connectivity index (χ0v) is 34.3. The number of pyridine rings is 1. The van der Waals surface area contributed by atoms with Crippen LogP contribution in [-0.4, -0.2) is 96.0 Å². The highest BCUT2D eigenvalue weighted by atomic mass is 32.2. The molecule has 3 fully saturated rings. The highest BCUT2D eigenvalue weighted by Gasteiger charge is 2.63. The highest BCUT2D eigenvalue weighted by Crippen LogP contribution is 2.48. The van der Waals surface area contributed by atoms with E-state index in [0.717, 1.165) is 0 Å². The van der Waals surface area contributed by atoms with Gasteiger partial charge in [-0.2, -0.15) is 13.2 Å². The summed E-state index contributed by atoms with van der Waals surface area (Å²) in [4.78, 5) is 62.2. The third kappa shape index (κ3) is 8.57. The van der Waals surface area contributed by atoms with E-state index in [0.29, 0.717) is 68.9 Å². The predicted molar refractivity (Wildman–Crippen MR) is 206 cm³/mol. The molecule has 3 heterocycles. The van der Waals surface area contributed by atoms with Gasteiger partial charge in [0.1, 0.15) is 29.5 Å². The molecule has 6 rings (SSSR count). The number of nitrogens with one attached hydrogen (secondary N) is 3. The number of hydrogen-bond donors (Lipinski definition) is 3. The van der Waals surface area contributed by atoms with Gasteiger partial charge in [-0.1, -0.05) is 38.5 Å². The van der Waals surface area contributed by atoms with Crippen molar-refractivity contribution in [3.05, 3.63) is 42.6 Å². The Morgan fingerprint density at radius 3 is 2.48 bits per heavy atom. The molecular formula is C40H52F3N5O9S. The Kier molecular flexibility index (Phi) is 11.8. The number of benzene rings is 1. The van der Waals surface area contributed by atoms with Crippen molar-refractivity contribution in [3.63, 3.8) is 0 Å². The molecule has 2 aliphatic heterocycles. The van der Waals surface area contributed by atoms with E-state index in [1.807, 2.05) is 13.0 Å². The number of methoxy groups -OCH3 is 1. The summed E-state index contributed by atoms with van der Waals surface area (Å²) in [7, 11) is -2.56. The second kappa shape index (κ2) is 15.9. The number of fused-ring (bicyclic) bond motifs is 3. The zero-order chi connectivity index (χ0) is 42.4. The minimum atomic E-state index is -4.91. The van der Waals surface area contributed by atoms with E-state index in [1.165, 1.54) is 25.1 Å². The number of carbonyl (C=O) groups is 4. The van der Waals surface area contributed by atoms with Crippen LogP contribution in [0.1, 0.15) is 86.0 Å². The Labute approximate surface area is 336 Å². The summed E-state index contributed by atoms with van der Waals surface area (Å²) < 4.78 is 85.6. The number of carbonyl (C=O) groups excluding carboxylic acids is 4. The number of halogens is 3. The molecule has 318 valence electrons. The summed E-state index contributed by atoms with van der Waals surface area (Å²) in [5.41, 5.74) is -4.53. The lowest BCUT2D eigenvalue weighted by Gasteiger charge is -2.35. The van der Waals surface area contributed by atoms with Gasteiger partial charge in [0.2, 0.25) is 33.3 Å². The smallest absolute Gasteiger partial charge is 0.427 e. The maximum absolute atomic E-state index is 14.9. The van der Waals surface area contributed by atoms with Gasteiger partial charge in [0.15, 0.2) is 0 Å². The predicted octanol–water partition coefficient (Wildman–Crippen LogP) is 5.30. The summed E-state index contributed by atoms with van der Waals surface area (Å²) in [6.45, 7) is 6.49. The lowest BCUT2D eigenvalue weighted by atomic mass is 9.85. The second-order valence-corrected chi connectivity index (χ2v) is 19.0. The first-order chi connectivity index (χ1) is 27.1. The number of hydrogen-bond acceptors (Lipinski definition) is 10. The summed E-state index contributed by atoms with van der Waals surface area (Å²) in [6, 6.07) is 4.29. The van der Waals surface area contributed by atoms with Crippen LogP contribution in [0.5, 0.6) is 11.6 Å². The molecule has 18 heteroatoms. The van der Waals surface area contributed by atoms with Gasteiger partial charge in [0.05, 0.1) is 18.4 Å². The monoisotopic (exact) mass is 835 g/mol. The van der Waals surface area contributed by atoms with E-state index < -0.39 is 85.9 Å². The van der Waals surface area contributed by atoms with E-state index in [-0.39, 0.29) is 31.2 Å². The number of alkyl carbamates (subject to hydrolysis) is 1. The van der Waals surface area contributed by atoms with Gasteiger partial charge in [-0.05, 0) is 89.3 Å². The minimum Gasteiger partial charge on any atom is -0.496 e. The van der Waals surface area contributed by atoms with Crippen LogP contribution < -0.4 is 24.8 Å². The fourth-order valence-electron chi connectivity index (χ4n) is 7.84. The highest BCUT2D eigenvalue weighted by molar-refractivity contribution is 7.91. The lowest BCUT2D eigenvalue weighted by Crippen LogP contribution is -2.60. The molecule has 1 aromatic heterocycles. The van der Waals surface area contributed by atoms with Crippen LogP contribution in [0.25, 0.3) is 10.8 Å². The molecule has 2 aliphatic carbocycles. The molecule has 7 atom stereocenters. The first-order valence-electron chi connectivity index (χ1n) is 19.7. The maximum Gasteiger partial charge on any atom is 0.427 e. The first-order valence-corrected chi connectivity index (χ1v) is 21.1. The average molecular weight is 836 g/mol. The summed E-state index contributed by atoms with van der Waals surface area (Å²) in [5, 5.41) is 6.52. The van der Waals surface area contributed by atoms with E-state index in [1.54, 1.807) is 37.3 Å². The van der Waals surface area contributed by atoms with Gasteiger partial charge in [-0.25, -0.2) is 18.2 Å². The van der Waals surface area contributed by atoms with Crippen molar-refractivity contribution < 1.29 is 55.0 Å². The number of sulfonamides is 1. The van der Waals surface area contributed by atoms with E-state index in [2.05, 4.69) is 20.3 Å². The molecule has 0 bridgehead atoms. The van der Waals surface area contributed by atoms with Gasteiger partial charge >= 0.3 is 12.3 Å². The molecule has 2 aromatic rings. The van der Waals surface area contributed by atoms with Crippen molar-refractivity contribution in [3.8, 4) is 11.6 Å². The van der Waals surface area contributed by atoms with Crippen molar-refractivity contribution >= 4 is 44.6 Å². The van der Waals surface area contributed by atoms with Crippen LogP contribution in [0, 0.1) is 17.8 Å². The lowest BCUT2D eigenvalue weighted by molar-refractivity contribution is -0.244. The van der Waals surface area contributed by atoms with Gasteiger partial charge in [-0.15, -0.1) is 0 Å². The average Bonchev–Trinajstić information content (AvgIpc) is 4.03. The quantitative estimate of drug-likeness (QED) is 0.281. The SMILES string of the molecule is CC[C@@H]1C[C@@H](C)CCC=C[C@@H]2C[C@@]2(C(=O)NS(=O)(=O)C2(C)CC2)NC(=O)[C@@H]2C[C@@H](Oc3nccc4c(OC)cccc34)CN2C(=O)[C@H]1NC(=O)OC(C)(C)C(F)(F)F. The van der Waals surface area contributed by atoms with Crippen LogP contribution in [0.15, 0.2) is 42.6 Å². The van der Waals surface area contributed by atoms with E-state index in [4.69, 9.17) is 14.2 Å². The molecule has 4 aliphatic rings. The fraction of sp³-hybridized carbons (Fsp3) is 0.625. The first kappa shape index (κ1) is 43.0. The minimum absolute atomic E-state index is 0.0317. The fourth-order valence-corrected chi connectivity index (χ4v) is 9.15. The second-order valence-electron chi connectivity index (χ2n) is 16.8. The summed E-state index contributed by atoms with van der Waals surface area (Å²) in [6.07, 6.45) is 0.592. The van der Waals surface area contributed by atoms with E-state index in [9.17, 15) is 40.8 Å². The van der Waals surface area contributed by atoms with Gasteiger partial charge in [0.25, 0.3) is 5.91 Å². The van der Waals surface area contributed by atoms with Crippen LogP contribution in [0.3, 0.4) is 0 Å². The van der Waals surface area contributed by atoms with Crippen LogP contribution in [0.2, 0.25) is 0 Å². The van der Waals surface area contributed by atoms with E-state index >= 15 is 0 Å². The third-order valence-electron chi connectivity index (χ3n) is 12.1. The Hall–Kier alpha value is -4.61. The van der Waals surface area contributed by atoms with Gasteiger partial charge < -0.3 is 29.7 Å². The molecular weight excluding hydrogens is 784 g/mol. The van der Waals surface area contributed by atoms with Crippen LogP contribution in [-0.2, 0) is 29.1 Å². The maximum atomic E-state index is 14.9. The summed E-state index contributed by atoms with van der Waals surface area (Å²) >= 11 is 0. The van der Waals surface area contributed by atoms with Gasteiger partial charge in [-0.3, -0.25) is 19.1 Å². The number of rotatable bonds is 9. The van der Waals surface area contributed by atoms with Gasteiger partial charge in [0, 0.05) is 29.3 Å². The number of allylic oxidation sites excluding steroid dienone is 1. The molecule has 1 aromatic carbocycles. The molecule has 0 spiro atoms. The number of alkyl halides is 3. The van der Waals surface area contributed by atoms with Crippen molar-refractivity contribution in [2.24, 2.45) is 17.8 Å². The molecule has 58 heavy (non-hydrogen) atoms. The Morgan fingerprint density at radius 1 is 1.10 bits per heavy atom.